The van der Waals surface area contributed by atoms with E-state index in [9.17, 15) is 4.79 Å². The Bertz CT molecular complexity index is 902. The SMILES string of the molecule is O=C(Nc1cccc(Cl)c1)C1CCN(c2nccc3sccc23)CC1. The molecular formula is C19H18ClN3OS. The lowest BCUT2D eigenvalue weighted by molar-refractivity contribution is -0.120. The number of aromatic nitrogens is 1. The number of halogens is 1. The van der Waals surface area contributed by atoms with Gasteiger partial charge in [-0.2, -0.15) is 0 Å². The van der Waals surface area contributed by atoms with Crippen LogP contribution in [0.5, 0.6) is 0 Å². The van der Waals surface area contributed by atoms with Crippen LogP contribution in [0.25, 0.3) is 10.1 Å². The second kappa shape index (κ2) is 7.02. The number of carbonyl (C=O) groups is 1. The molecule has 1 aromatic carbocycles. The van der Waals surface area contributed by atoms with E-state index in [4.69, 9.17) is 11.6 Å². The van der Waals surface area contributed by atoms with Gasteiger partial charge in [-0.1, -0.05) is 17.7 Å². The predicted molar refractivity (Wildman–Crippen MR) is 105 cm³/mol. The standard InChI is InChI=1S/C19H18ClN3OS/c20-14-2-1-3-15(12-14)22-19(24)13-5-9-23(10-6-13)18-16-7-11-25-17(16)4-8-21-18/h1-4,7-8,11-13H,5-6,9-10H2,(H,22,24). The van der Waals surface area contributed by atoms with Crippen LogP contribution in [-0.2, 0) is 4.79 Å². The number of piperidine rings is 1. The van der Waals surface area contributed by atoms with Crippen LogP contribution in [0.4, 0.5) is 11.5 Å². The first-order chi connectivity index (χ1) is 12.2. The van der Waals surface area contributed by atoms with E-state index in [1.54, 1.807) is 23.5 Å². The number of nitrogens with zero attached hydrogens (tertiary/aromatic N) is 2. The summed E-state index contributed by atoms with van der Waals surface area (Å²) in [5.74, 6) is 1.13. The Morgan fingerprint density at radius 3 is 2.88 bits per heavy atom. The quantitative estimate of drug-likeness (QED) is 0.718. The van der Waals surface area contributed by atoms with Crippen molar-refractivity contribution in [3.05, 3.63) is 53.0 Å². The van der Waals surface area contributed by atoms with E-state index in [-0.39, 0.29) is 11.8 Å². The lowest BCUT2D eigenvalue weighted by atomic mass is 9.95. The predicted octanol–water partition coefficient (Wildman–Crippen LogP) is 4.80. The largest absolute Gasteiger partial charge is 0.356 e. The van der Waals surface area contributed by atoms with Crippen LogP contribution in [0.3, 0.4) is 0 Å². The molecule has 0 saturated carbocycles. The average Bonchev–Trinajstić information content (AvgIpc) is 3.10. The van der Waals surface area contributed by atoms with Crippen LogP contribution in [0, 0.1) is 5.92 Å². The zero-order chi connectivity index (χ0) is 17.2. The zero-order valence-corrected chi connectivity index (χ0v) is 15.2. The maximum atomic E-state index is 12.5. The van der Waals surface area contributed by atoms with Gasteiger partial charge in [-0.15, -0.1) is 11.3 Å². The van der Waals surface area contributed by atoms with E-state index < -0.39 is 0 Å². The molecule has 2 aromatic heterocycles. The van der Waals surface area contributed by atoms with Gasteiger partial charge in [0.25, 0.3) is 0 Å². The minimum Gasteiger partial charge on any atom is -0.356 e. The molecule has 0 atom stereocenters. The molecule has 1 aliphatic rings. The van der Waals surface area contributed by atoms with Gasteiger partial charge in [-0.05, 0) is 48.6 Å². The molecule has 128 valence electrons. The normalized spacial score (nSPS) is 15.5. The van der Waals surface area contributed by atoms with Crippen molar-refractivity contribution in [2.45, 2.75) is 12.8 Å². The number of thiophene rings is 1. The van der Waals surface area contributed by atoms with Gasteiger partial charge in [0, 0.05) is 46.0 Å². The third-order valence-corrected chi connectivity index (χ3v) is 5.73. The smallest absolute Gasteiger partial charge is 0.227 e. The van der Waals surface area contributed by atoms with Gasteiger partial charge in [-0.3, -0.25) is 4.79 Å². The van der Waals surface area contributed by atoms with E-state index >= 15 is 0 Å². The summed E-state index contributed by atoms with van der Waals surface area (Å²) in [6.07, 6.45) is 3.52. The fourth-order valence-corrected chi connectivity index (χ4v) is 4.26. The Kier molecular flexibility index (Phi) is 4.59. The highest BCUT2D eigenvalue weighted by atomic mass is 35.5. The molecule has 3 aromatic rings. The Labute approximate surface area is 155 Å². The number of carbonyl (C=O) groups excluding carboxylic acids is 1. The molecule has 3 heterocycles. The zero-order valence-electron chi connectivity index (χ0n) is 13.6. The van der Waals surface area contributed by atoms with Crippen LogP contribution in [0.1, 0.15) is 12.8 Å². The second-order valence-corrected chi connectivity index (χ2v) is 7.61. The number of hydrogen-bond donors (Lipinski definition) is 1. The Balaban J connectivity index is 1.41. The highest BCUT2D eigenvalue weighted by Gasteiger charge is 2.26. The first-order valence-corrected chi connectivity index (χ1v) is 9.60. The summed E-state index contributed by atoms with van der Waals surface area (Å²) in [4.78, 5) is 19.4. The molecule has 1 aliphatic heterocycles. The molecule has 1 N–H and O–H groups in total. The minimum atomic E-state index is 0.0249. The second-order valence-electron chi connectivity index (χ2n) is 6.23. The summed E-state index contributed by atoms with van der Waals surface area (Å²) >= 11 is 7.71. The van der Waals surface area contributed by atoms with Crippen LogP contribution in [-0.4, -0.2) is 24.0 Å². The van der Waals surface area contributed by atoms with Gasteiger partial charge in [0.1, 0.15) is 5.82 Å². The third kappa shape index (κ3) is 3.48. The summed E-state index contributed by atoms with van der Waals surface area (Å²) < 4.78 is 1.26. The number of anilines is 2. The van der Waals surface area contributed by atoms with Gasteiger partial charge in [0.15, 0.2) is 0 Å². The van der Waals surface area contributed by atoms with Crippen LogP contribution in [0.2, 0.25) is 5.02 Å². The number of pyridine rings is 1. The van der Waals surface area contributed by atoms with Crippen molar-refractivity contribution in [1.82, 2.24) is 4.98 Å². The van der Waals surface area contributed by atoms with Crippen LogP contribution in [0.15, 0.2) is 48.0 Å². The Morgan fingerprint density at radius 2 is 2.08 bits per heavy atom. The summed E-state index contributed by atoms with van der Waals surface area (Å²) in [5, 5.41) is 6.91. The topological polar surface area (TPSA) is 45.2 Å². The molecule has 1 amide bonds. The van der Waals surface area contributed by atoms with E-state index in [0.29, 0.717) is 5.02 Å². The highest BCUT2D eigenvalue weighted by Crippen LogP contribution is 2.31. The molecule has 0 unspecified atom stereocenters. The number of benzene rings is 1. The van der Waals surface area contributed by atoms with Crippen LogP contribution >= 0.6 is 22.9 Å². The first-order valence-electron chi connectivity index (χ1n) is 8.34. The molecule has 4 rings (SSSR count). The number of hydrogen-bond acceptors (Lipinski definition) is 4. The molecule has 1 saturated heterocycles. The van der Waals surface area contributed by atoms with E-state index in [1.807, 2.05) is 18.3 Å². The van der Waals surface area contributed by atoms with Crippen molar-refractivity contribution in [2.24, 2.45) is 5.92 Å². The van der Waals surface area contributed by atoms with Gasteiger partial charge in [-0.25, -0.2) is 4.98 Å². The minimum absolute atomic E-state index is 0.0249. The molecule has 25 heavy (non-hydrogen) atoms. The number of nitrogens with one attached hydrogen (secondary N) is 1. The summed E-state index contributed by atoms with van der Waals surface area (Å²) in [6, 6.07) is 11.5. The van der Waals surface area contributed by atoms with Crippen molar-refractivity contribution in [1.29, 1.82) is 0 Å². The van der Waals surface area contributed by atoms with Gasteiger partial charge in [0.2, 0.25) is 5.91 Å². The highest BCUT2D eigenvalue weighted by molar-refractivity contribution is 7.17. The van der Waals surface area contributed by atoms with Gasteiger partial charge >= 0.3 is 0 Å². The summed E-state index contributed by atoms with van der Waals surface area (Å²) in [5.41, 5.74) is 0.754. The molecule has 1 fully saturated rings. The lowest BCUT2D eigenvalue weighted by Crippen LogP contribution is -2.38. The molecule has 0 spiro atoms. The maximum Gasteiger partial charge on any atom is 0.227 e. The Hall–Kier alpha value is -2.11. The monoisotopic (exact) mass is 371 g/mol. The lowest BCUT2D eigenvalue weighted by Gasteiger charge is -2.32. The van der Waals surface area contributed by atoms with Crippen molar-refractivity contribution in [2.75, 3.05) is 23.3 Å². The molecule has 6 heteroatoms. The molecule has 0 radical (unpaired) electrons. The number of rotatable bonds is 3. The summed E-state index contributed by atoms with van der Waals surface area (Å²) in [7, 11) is 0. The van der Waals surface area contributed by atoms with E-state index in [1.165, 1.54) is 10.1 Å². The van der Waals surface area contributed by atoms with Gasteiger partial charge < -0.3 is 10.2 Å². The van der Waals surface area contributed by atoms with Gasteiger partial charge in [0.05, 0.1) is 0 Å². The Morgan fingerprint density at radius 1 is 1.24 bits per heavy atom. The average molecular weight is 372 g/mol. The molecular weight excluding hydrogens is 354 g/mol. The van der Waals surface area contributed by atoms with Crippen LogP contribution < -0.4 is 10.2 Å². The van der Waals surface area contributed by atoms with E-state index in [2.05, 4.69) is 32.7 Å². The molecule has 4 nitrogen and oxygen atoms in total. The fourth-order valence-electron chi connectivity index (χ4n) is 3.30. The molecule has 0 bridgehead atoms. The van der Waals surface area contributed by atoms with Crippen molar-refractivity contribution in [3.63, 3.8) is 0 Å². The first kappa shape index (κ1) is 16.4. The maximum absolute atomic E-state index is 12.5. The fraction of sp³-hybridized carbons (Fsp3) is 0.263. The molecule has 0 aliphatic carbocycles. The third-order valence-electron chi connectivity index (χ3n) is 4.62. The van der Waals surface area contributed by atoms with Crippen molar-refractivity contribution >= 4 is 50.4 Å². The van der Waals surface area contributed by atoms with E-state index in [0.717, 1.165) is 37.4 Å². The van der Waals surface area contributed by atoms with Crippen molar-refractivity contribution < 1.29 is 4.79 Å². The summed E-state index contributed by atoms with van der Waals surface area (Å²) in [6.45, 7) is 1.69. The number of amides is 1. The van der Waals surface area contributed by atoms with Crippen molar-refractivity contribution in [3.8, 4) is 0 Å². The number of fused-ring (bicyclic) bond motifs is 1.